The van der Waals surface area contributed by atoms with Crippen LogP contribution < -0.4 is 5.32 Å². The topological polar surface area (TPSA) is 51.0 Å². The van der Waals surface area contributed by atoms with E-state index in [1.807, 2.05) is 0 Å². The maximum Gasteiger partial charge on any atom is 0.231 e. The molecule has 2 heterocycles. The molecule has 1 atom stereocenters. The van der Waals surface area contributed by atoms with Crippen LogP contribution in [0.15, 0.2) is 28.8 Å². The predicted molar refractivity (Wildman–Crippen MR) is 111 cm³/mol. The van der Waals surface area contributed by atoms with E-state index in [0.29, 0.717) is 11.7 Å². The molecule has 0 amide bonds. The van der Waals surface area contributed by atoms with Crippen LogP contribution in [-0.4, -0.2) is 23.2 Å². The van der Waals surface area contributed by atoms with Gasteiger partial charge in [0, 0.05) is 12.1 Å². The van der Waals surface area contributed by atoms with E-state index in [1.165, 1.54) is 69.8 Å². The Morgan fingerprint density at radius 3 is 2.44 bits per heavy atom. The number of unbranched alkanes of at least 4 members (excludes halogenated alkanes) is 7. The summed E-state index contributed by atoms with van der Waals surface area (Å²) in [7, 11) is 0. The zero-order valence-corrected chi connectivity index (χ0v) is 16.9. The quantitative estimate of drug-likeness (QED) is 0.502. The average Bonchev–Trinajstić information content (AvgIpc) is 3.21. The minimum atomic E-state index is 0.362. The summed E-state index contributed by atoms with van der Waals surface area (Å²) in [6.45, 7) is 4.31. The highest BCUT2D eigenvalue weighted by Crippen LogP contribution is 2.25. The molecule has 27 heavy (non-hydrogen) atoms. The van der Waals surface area contributed by atoms with E-state index in [-0.39, 0.29) is 0 Å². The number of aryl methyl sites for hydroxylation is 1. The van der Waals surface area contributed by atoms with Crippen LogP contribution >= 0.6 is 0 Å². The summed E-state index contributed by atoms with van der Waals surface area (Å²) in [5, 5.41) is 7.60. The van der Waals surface area contributed by atoms with Gasteiger partial charge in [-0.25, -0.2) is 0 Å². The Balaban J connectivity index is 1.40. The van der Waals surface area contributed by atoms with E-state index in [2.05, 4.69) is 46.6 Å². The van der Waals surface area contributed by atoms with Gasteiger partial charge in [0.05, 0.1) is 5.92 Å². The molecule has 1 aromatic heterocycles. The third kappa shape index (κ3) is 6.46. The molecule has 2 aromatic rings. The minimum Gasteiger partial charge on any atom is -0.339 e. The minimum absolute atomic E-state index is 0.362. The first-order valence-electron chi connectivity index (χ1n) is 11.0. The molecule has 148 valence electrons. The normalized spacial score (nSPS) is 17.3. The highest BCUT2D eigenvalue weighted by Gasteiger charge is 2.21. The summed E-state index contributed by atoms with van der Waals surface area (Å²) in [6, 6.07) is 8.70. The molecule has 0 radical (unpaired) electrons. The Morgan fingerprint density at radius 1 is 1.00 bits per heavy atom. The van der Waals surface area contributed by atoms with Gasteiger partial charge in [-0.05, 0) is 37.8 Å². The van der Waals surface area contributed by atoms with Crippen molar-refractivity contribution >= 4 is 0 Å². The van der Waals surface area contributed by atoms with Gasteiger partial charge >= 0.3 is 0 Å². The summed E-state index contributed by atoms with van der Waals surface area (Å²) < 4.78 is 5.51. The number of hydrogen-bond donors (Lipinski definition) is 1. The van der Waals surface area contributed by atoms with Gasteiger partial charge in [-0.15, -0.1) is 0 Å². The Hall–Kier alpha value is -1.68. The van der Waals surface area contributed by atoms with Gasteiger partial charge in [-0.2, -0.15) is 4.98 Å². The summed E-state index contributed by atoms with van der Waals surface area (Å²) >= 11 is 0. The van der Waals surface area contributed by atoms with Crippen LogP contribution in [0.2, 0.25) is 0 Å². The number of aromatic nitrogens is 2. The first-order valence-corrected chi connectivity index (χ1v) is 11.0. The fourth-order valence-corrected chi connectivity index (χ4v) is 3.86. The van der Waals surface area contributed by atoms with Crippen molar-refractivity contribution in [2.45, 2.75) is 83.5 Å². The van der Waals surface area contributed by atoms with Crippen molar-refractivity contribution in [1.29, 1.82) is 0 Å². The molecule has 4 heteroatoms. The Labute approximate surface area is 164 Å². The summed E-state index contributed by atoms with van der Waals surface area (Å²) in [5.41, 5.74) is 2.46. The number of nitrogens with one attached hydrogen (secondary N) is 1. The molecule has 0 bridgehead atoms. The third-order valence-electron chi connectivity index (χ3n) is 5.62. The molecule has 3 rings (SSSR count). The second-order valence-corrected chi connectivity index (χ2v) is 7.92. The summed E-state index contributed by atoms with van der Waals surface area (Å²) in [5.74, 6) is 1.86. The van der Waals surface area contributed by atoms with Crippen LogP contribution in [0.5, 0.6) is 0 Å². The second kappa shape index (κ2) is 11.2. The van der Waals surface area contributed by atoms with Crippen molar-refractivity contribution in [3.8, 4) is 11.4 Å². The van der Waals surface area contributed by atoms with E-state index >= 15 is 0 Å². The van der Waals surface area contributed by atoms with Crippen LogP contribution in [-0.2, 0) is 6.42 Å². The monoisotopic (exact) mass is 369 g/mol. The first-order chi connectivity index (χ1) is 13.4. The highest BCUT2D eigenvalue weighted by atomic mass is 16.5. The number of rotatable bonds is 11. The van der Waals surface area contributed by atoms with Crippen LogP contribution in [0.4, 0.5) is 0 Å². The second-order valence-electron chi connectivity index (χ2n) is 7.92. The molecule has 4 nitrogen and oxygen atoms in total. The van der Waals surface area contributed by atoms with Crippen molar-refractivity contribution in [2.24, 2.45) is 0 Å². The van der Waals surface area contributed by atoms with Gasteiger partial charge < -0.3 is 9.84 Å². The molecular formula is C23H35N3O. The Bertz CT molecular complexity index is 644. The van der Waals surface area contributed by atoms with E-state index in [9.17, 15) is 0 Å². The lowest BCUT2D eigenvalue weighted by atomic mass is 10.00. The molecule has 1 fully saturated rings. The maximum atomic E-state index is 5.51. The van der Waals surface area contributed by atoms with Gasteiger partial charge in [0.15, 0.2) is 0 Å². The molecule has 0 aliphatic carbocycles. The standard InChI is InChI=1S/C23H35N3O/c1-2-3-4-5-6-7-8-9-11-19-13-15-20(16-14-19)22-25-23(27-26-22)21-12-10-17-24-18-21/h13-16,21,24H,2-12,17-18H2,1H3/t21-/m1/s1. The molecule has 0 unspecified atom stereocenters. The lowest BCUT2D eigenvalue weighted by molar-refractivity contribution is 0.322. The SMILES string of the molecule is CCCCCCCCCCc1ccc(-c2noc([C@@H]3CCCNC3)n2)cc1. The fourth-order valence-electron chi connectivity index (χ4n) is 3.86. The fraction of sp³-hybridized carbons (Fsp3) is 0.652. The number of benzene rings is 1. The van der Waals surface area contributed by atoms with Gasteiger partial charge in [0.1, 0.15) is 0 Å². The van der Waals surface area contributed by atoms with Crippen LogP contribution in [0.25, 0.3) is 11.4 Å². The van der Waals surface area contributed by atoms with E-state index in [1.54, 1.807) is 0 Å². The van der Waals surface area contributed by atoms with Crippen molar-refractivity contribution in [3.63, 3.8) is 0 Å². The number of nitrogens with zero attached hydrogens (tertiary/aromatic N) is 2. The van der Waals surface area contributed by atoms with Gasteiger partial charge in [-0.1, -0.05) is 81.3 Å². The van der Waals surface area contributed by atoms with Crippen LogP contribution in [0.1, 0.15) is 88.5 Å². The summed E-state index contributed by atoms with van der Waals surface area (Å²) in [6.07, 6.45) is 14.4. The predicted octanol–water partition coefficient (Wildman–Crippen LogP) is 5.89. The number of hydrogen-bond acceptors (Lipinski definition) is 4. The van der Waals surface area contributed by atoms with Crippen LogP contribution in [0.3, 0.4) is 0 Å². The van der Waals surface area contributed by atoms with Gasteiger partial charge in [0.25, 0.3) is 0 Å². The average molecular weight is 370 g/mol. The first kappa shape index (κ1) is 20.1. The van der Waals surface area contributed by atoms with Crippen molar-refractivity contribution in [2.75, 3.05) is 13.1 Å². The zero-order valence-electron chi connectivity index (χ0n) is 16.9. The molecular weight excluding hydrogens is 334 g/mol. The molecule has 1 saturated heterocycles. The smallest absolute Gasteiger partial charge is 0.231 e. The lowest BCUT2D eigenvalue weighted by Crippen LogP contribution is -2.28. The lowest BCUT2D eigenvalue weighted by Gasteiger charge is -2.18. The van der Waals surface area contributed by atoms with Crippen LogP contribution in [0, 0.1) is 0 Å². The molecule has 1 aromatic carbocycles. The molecule has 1 N–H and O–H groups in total. The van der Waals surface area contributed by atoms with Crippen molar-refractivity contribution in [1.82, 2.24) is 15.5 Å². The van der Waals surface area contributed by atoms with Gasteiger partial charge in [0.2, 0.25) is 11.7 Å². The number of piperidine rings is 1. The zero-order chi connectivity index (χ0) is 18.7. The van der Waals surface area contributed by atoms with Crippen molar-refractivity contribution in [3.05, 3.63) is 35.7 Å². The largest absolute Gasteiger partial charge is 0.339 e. The van der Waals surface area contributed by atoms with Crippen molar-refractivity contribution < 1.29 is 4.52 Å². The third-order valence-corrected chi connectivity index (χ3v) is 5.62. The molecule has 0 spiro atoms. The molecule has 0 saturated carbocycles. The molecule has 1 aliphatic rings. The van der Waals surface area contributed by atoms with E-state index in [4.69, 9.17) is 4.52 Å². The Kier molecular flexibility index (Phi) is 8.34. The maximum absolute atomic E-state index is 5.51. The molecule has 1 aliphatic heterocycles. The summed E-state index contributed by atoms with van der Waals surface area (Å²) in [4.78, 5) is 4.63. The highest BCUT2D eigenvalue weighted by molar-refractivity contribution is 5.54. The van der Waals surface area contributed by atoms with Gasteiger partial charge in [-0.3, -0.25) is 0 Å². The Morgan fingerprint density at radius 2 is 1.74 bits per heavy atom. The van der Waals surface area contributed by atoms with E-state index in [0.717, 1.165) is 31.0 Å². The van der Waals surface area contributed by atoms with E-state index < -0.39 is 0 Å².